The fourth-order valence-corrected chi connectivity index (χ4v) is 2.61. The van der Waals surface area contributed by atoms with Gasteiger partial charge in [-0.15, -0.1) is 0 Å². The van der Waals surface area contributed by atoms with Gasteiger partial charge in [-0.3, -0.25) is 0 Å². The van der Waals surface area contributed by atoms with E-state index in [1.54, 1.807) is 0 Å². The Kier molecular flexibility index (Phi) is 5.92. The Bertz CT molecular complexity index is 431. The van der Waals surface area contributed by atoms with E-state index in [4.69, 9.17) is 9.47 Å². The quantitative estimate of drug-likeness (QED) is 0.846. The number of nitrogens with one attached hydrogen (secondary N) is 1. The number of hydrogen-bond donors (Lipinski definition) is 1. The van der Waals surface area contributed by atoms with Gasteiger partial charge in [0, 0.05) is 12.6 Å². The summed E-state index contributed by atoms with van der Waals surface area (Å²) in [4.78, 5) is 0. The van der Waals surface area contributed by atoms with Crippen molar-refractivity contribution in [2.24, 2.45) is 11.8 Å². The minimum Gasteiger partial charge on any atom is -0.491 e. The van der Waals surface area contributed by atoms with Crippen molar-refractivity contribution in [3.8, 4) is 5.75 Å². The molecule has 1 N–H and O–H groups in total. The van der Waals surface area contributed by atoms with Gasteiger partial charge in [0.1, 0.15) is 5.75 Å². The lowest BCUT2D eigenvalue weighted by Gasteiger charge is -2.33. The topological polar surface area (TPSA) is 30.5 Å². The van der Waals surface area contributed by atoms with E-state index in [0.29, 0.717) is 24.0 Å². The normalized spacial score (nSPS) is 22.6. The fraction of sp³-hybridized carbons (Fsp3) is 0.667. The zero-order chi connectivity index (χ0) is 15.2. The monoisotopic (exact) mass is 291 g/mol. The molecule has 1 aliphatic heterocycles. The molecule has 1 aromatic rings. The Morgan fingerprint density at radius 3 is 2.71 bits per heavy atom. The third-order valence-electron chi connectivity index (χ3n) is 3.88. The van der Waals surface area contributed by atoms with Crippen LogP contribution in [0.3, 0.4) is 0 Å². The van der Waals surface area contributed by atoms with Crippen molar-refractivity contribution in [3.63, 3.8) is 0 Å². The van der Waals surface area contributed by atoms with Crippen LogP contribution < -0.4 is 10.1 Å². The molecule has 1 aliphatic rings. The third kappa shape index (κ3) is 4.92. The number of rotatable bonds is 6. The van der Waals surface area contributed by atoms with Gasteiger partial charge < -0.3 is 14.8 Å². The van der Waals surface area contributed by atoms with Crippen LogP contribution in [0.15, 0.2) is 24.3 Å². The molecule has 0 saturated carbocycles. The van der Waals surface area contributed by atoms with Crippen LogP contribution in [0.5, 0.6) is 5.75 Å². The Balaban J connectivity index is 1.98. The second-order valence-electron chi connectivity index (χ2n) is 6.72. The van der Waals surface area contributed by atoms with Gasteiger partial charge in [0.05, 0.1) is 18.4 Å². The molecule has 21 heavy (non-hydrogen) atoms. The van der Waals surface area contributed by atoms with E-state index in [2.05, 4.69) is 45.1 Å². The van der Waals surface area contributed by atoms with Gasteiger partial charge in [0.2, 0.25) is 0 Å². The third-order valence-corrected chi connectivity index (χ3v) is 3.88. The molecule has 2 unspecified atom stereocenters. The Morgan fingerprint density at radius 2 is 2.00 bits per heavy atom. The van der Waals surface area contributed by atoms with Crippen LogP contribution in [0, 0.1) is 11.8 Å². The molecule has 0 aromatic heterocycles. The Hall–Kier alpha value is -1.22. The molecule has 2 atom stereocenters. The maximum Gasteiger partial charge on any atom is 0.142 e. The molecule has 2 rings (SSSR count). The molecule has 0 aliphatic carbocycles. The van der Waals surface area contributed by atoms with E-state index in [0.717, 1.165) is 37.5 Å². The minimum absolute atomic E-state index is 0.361. The van der Waals surface area contributed by atoms with Crippen molar-refractivity contribution in [2.75, 3.05) is 18.5 Å². The molecular formula is C18H29NO2. The number of anilines is 1. The van der Waals surface area contributed by atoms with Crippen molar-refractivity contribution in [2.45, 2.75) is 52.7 Å². The summed E-state index contributed by atoms with van der Waals surface area (Å²) in [5, 5.41) is 3.65. The lowest BCUT2D eigenvalue weighted by molar-refractivity contribution is -0.0161. The van der Waals surface area contributed by atoms with E-state index < -0.39 is 0 Å². The van der Waals surface area contributed by atoms with Crippen LogP contribution in [-0.4, -0.2) is 25.4 Å². The molecular weight excluding hydrogens is 262 g/mol. The molecule has 1 heterocycles. The zero-order valence-electron chi connectivity index (χ0n) is 13.8. The lowest BCUT2D eigenvalue weighted by atomic mass is 9.95. The van der Waals surface area contributed by atoms with Crippen LogP contribution in [0.4, 0.5) is 5.69 Å². The highest BCUT2D eigenvalue weighted by molar-refractivity contribution is 5.56. The molecule has 1 fully saturated rings. The van der Waals surface area contributed by atoms with Gasteiger partial charge in [-0.25, -0.2) is 0 Å². The number of para-hydroxylation sites is 2. The summed E-state index contributed by atoms with van der Waals surface area (Å²) in [6.45, 7) is 10.4. The van der Waals surface area contributed by atoms with Gasteiger partial charge >= 0.3 is 0 Å². The highest BCUT2D eigenvalue weighted by atomic mass is 16.5. The van der Waals surface area contributed by atoms with Crippen LogP contribution in [0.25, 0.3) is 0 Å². The summed E-state index contributed by atoms with van der Waals surface area (Å²) in [6.07, 6.45) is 2.48. The van der Waals surface area contributed by atoms with E-state index >= 15 is 0 Å². The molecule has 1 saturated heterocycles. The smallest absolute Gasteiger partial charge is 0.142 e. The molecule has 3 nitrogen and oxygen atoms in total. The zero-order valence-corrected chi connectivity index (χ0v) is 13.8. The average molecular weight is 291 g/mol. The summed E-state index contributed by atoms with van der Waals surface area (Å²) < 4.78 is 11.8. The largest absolute Gasteiger partial charge is 0.491 e. The number of hydrogen-bond acceptors (Lipinski definition) is 3. The first kappa shape index (κ1) is 16.2. The summed E-state index contributed by atoms with van der Waals surface area (Å²) in [6, 6.07) is 8.71. The summed E-state index contributed by atoms with van der Waals surface area (Å²) in [5.41, 5.74) is 1.10. The molecule has 0 bridgehead atoms. The van der Waals surface area contributed by atoms with E-state index in [1.165, 1.54) is 0 Å². The van der Waals surface area contributed by atoms with Crippen LogP contribution in [0.2, 0.25) is 0 Å². The maximum atomic E-state index is 5.92. The second-order valence-corrected chi connectivity index (χ2v) is 6.72. The Labute approximate surface area is 129 Å². The van der Waals surface area contributed by atoms with Crippen molar-refractivity contribution >= 4 is 5.69 Å². The molecule has 3 heteroatoms. The Morgan fingerprint density at radius 1 is 1.24 bits per heavy atom. The van der Waals surface area contributed by atoms with Gasteiger partial charge in [0.25, 0.3) is 0 Å². The second kappa shape index (κ2) is 7.69. The van der Waals surface area contributed by atoms with Crippen molar-refractivity contribution in [1.82, 2.24) is 0 Å². The fourth-order valence-electron chi connectivity index (χ4n) is 2.61. The molecule has 118 valence electrons. The van der Waals surface area contributed by atoms with Crippen molar-refractivity contribution < 1.29 is 9.47 Å². The lowest BCUT2D eigenvalue weighted by Crippen LogP contribution is -2.36. The van der Waals surface area contributed by atoms with E-state index in [-0.39, 0.29) is 0 Å². The van der Waals surface area contributed by atoms with Crippen LogP contribution in [0.1, 0.15) is 40.5 Å². The first-order valence-corrected chi connectivity index (χ1v) is 8.16. The SMILES string of the molecule is CC(C)COc1ccccc1NC1CCOC(C(C)C)C1. The first-order chi connectivity index (χ1) is 10.1. The average Bonchev–Trinajstić information content (AvgIpc) is 2.46. The summed E-state index contributed by atoms with van der Waals surface area (Å²) >= 11 is 0. The van der Waals surface area contributed by atoms with Gasteiger partial charge in [-0.05, 0) is 36.8 Å². The first-order valence-electron chi connectivity index (χ1n) is 8.16. The minimum atomic E-state index is 0.361. The molecule has 0 radical (unpaired) electrons. The molecule has 0 spiro atoms. The predicted molar refractivity (Wildman–Crippen MR) is 88.0 cm³/mol. The highest BCUT2D eigenvalue weighted by Crippen LogP contribution is 2.28. The number of benzene rings is 1. The van der Waals surface area contributed by atoms with Crippen LogP contribution in [-0.2, 0) is 4.74 Å². The summed E-state index contributed by atoms with van der Waals surface area (Å²) in [7, 11) is 0. The highest BCUT2D eigenvalue weighted by Gasteiger charge is 2.25. The van der Waals surface area contributed by atoms with Crippen molar-refractivity contribution in [1.29, 1.82) is 0 Å². The van der Waals surface area contributed by atoms with Crippen molar-refractivity contribution in [3.05, 3.63) is 24.3 Å². The molecule has 1 aromatic carbocycles. The van der Waals surface area contributed by atoms with Gasteiger partial charge in [0.15, 0.2) is 0 Å². The molecule has 0 amide bonds. The van der Waals surface area contributed by atoms with E-state index in [9.17, 15) is 0 Å². The van der Waals surface area contributed by atoms with Gasteiger partial charge in [-0.1, -0.05) is 39.8 Å². The standard InChI is InChI=1S/C18H29NO2/c1-13(2)12-21-17-8-6-5-7-16(17)19-15-9-10-20-18(11-15)14(3)4/h5-8,13-15,18-19H,9-12H2,1-4H3. The number of ether oxygens (including phenoxy) is 2. The summed E-state index contributed by atoms with van der Waals surface area (Å²) in [5.74, 6) is 2.06. The van der Waals surface area contributed by atoms with Crippen LogP contribution >= 0.6 is 0 Å². The van der Waals surface area contributed by atoms with Gasteiger partial charge in [-0.2, -0.15) is 0 Å². The maximum absolute atomic E-state index is 5.92. The van der Waals surface area contributed by atoms with E-state index in [1.807, 2.05) is 12.1 Å². The predicted octanol–water partition coefficient (Wildman–Crippen LogP) is 4.34.